The van der Waals surface area contributed by atoms with E-state index in [0.29, 0.717) is 19.4 Å². The Morgan fingerprint density at radius 1 is 1.43 bits per heavy atom. The molecule has 1 aliphatic heterocycles. The first-order valence-corrected chi connectivity index (χ1v) is 6.66. The molecule has 0 radical (unpaired) electrons. The molecular weight excluding hydrogens is 276 g/mol. The van der Waals surface area contributed by atoms with E-state index in [1.165, 1.54) is 12.1 Å². The lowest BCUT2D eigenvalue weighted by Crippen LogP contribution is -2.22. The lowest BCUT2D eigenvalue weighted by Gasteiger charge is -2.13. The topological polar surface area (TPSA) is 94.6 Å². The van der Waals surface area contributed by atoms with Crippen molar-refractivity contribution < 1.29 is 19.6 Å². The second-order valence-corrected chi connectivity index (χ2v) is 5.13. The number of non-ortho nitro benzene ring substituents is 1. The molecule has 7 heteroatoms. The predicted molar refractivity (Wildman–Crippen MR) is 74.1 cm³/mol. The van der Waals surface area contributed by atoms with Gasteiger partial charge in [-0.25, -0.2) is 4.79 Å². The minimum Gasteiger partial charge on any atom is -0.479 e. The van der Waals surface area contributed by atoms with Crippen LogP contribution in [-0.2, 0) is 16.1 Å². The van der Waals surface area contributed by atoms with Gasteiger partial charge in [-0.05, 0) is 25.0 Å². The second-order valence-electron chi connectivity index (χ2n) is 5.13. The number of nitro benzene ring substituents is 1. The smallest absolute Gasteiger partial charge is 0.332 e. The van der Waals surface area contributed by atoms with Gasteiger partial charge in [0.2, 0.25) is 0 Å². The van der Waals surface area contributed by atoms with Crippen LogP contribution >= 0.6 is 0 Å². The molecule has 0 saturated carbocycles. The Balaban J connectivity index is 1.83. The molecule has 0 spiro atoms. The standard InChI is InChI=1S/C14H14N2O5/c17-14(18)13-4-3-11(21-13)8-15-6-5-9-1-2-10(16(19)20)7-12(9)15/h1-2,5-7,11,13H,3-4,8H2,(H,17,18). The molecule has 2 unspecified atom stereocenters. The monoisotopic (exact) mass is 290 g/mol. The van der Waals surface area contributed by atoms with E-state index in [9.17, 15) is 14.9 Å². The van der Waals surface area contributed by atoms with Crippen LogP contribution in [0.1, 0.15) is 12.8 Å². The van der Waals surface area contributed by atoms with Crippen LogP contribution in [0.2, 0.25) is 0 Å². The van der Waals surface area contributed by atoms with Crippen molar-refractivity contribution in [2.75, 3.05) is 0 Å². The number of aromatic nitrogens is 1. The summed E-state index contributed by atoms with van der Waals surface area (Å²) in [7, 11) is 0. The maximum absolute atomic E-state index is 10.9. The molecule has 7 nitrogen and oxygen atoms in total. The van der Waals surface area contributed by atoms with E-state index in [1.54, 1.807) is 6.07 Å². The van der Waals surface area contributed by atoms with Crippen molar-refractivity contribution in [2.24, 2.45) is 0 Å². The minimum absolute atomic E-state index is 0.0400. The Hall–Kier alpha value is -2.41. The van der Waals surface area contributed by atoms with E-state index in [2.05, 4.69) is 0 Å². The van der Waals surface area contributed by atoms with Gasteiger partial charge in [0.05, 0.1) is 16.5 Å². The number of carboxylic acid groups (broad SMARTS) is 1. The first-order chi connectivity index (χ1) is 10.0. The SMILES string of the molecule is O=C(O)C1CCC(Cn2ccc3ccc([N+](=O)[O-])cc32)O1. The first-order valence-electron chi connectivity index (χ1n) is 6.66. The average Bonchev–Trinajstić information content (AvgIpc) is 3.06. The van der Waals surface area contributed by atoms with E-state index in [4.69, 9.17) is 9.84 Å². The first kappa shape index (κ1) is 13.6. The Morgan fingerprint density at radius 2 is 2.24 bits per heavy atom. The third-order valence-electron chi connectivity index (χ3n) is 3.75. The zero-order chi connectivity index (χ0) is 15.0. The van der Waals surface area contributed by atoms with Crippen LogP contribution < -0.4 is 0 Å². The zero-order valence-corrected chi connectivity index (χ0v) is 11.1. The van der Waals surface area contributed by atoms with Gasteiger partial charge in [-0.2, -0.15) is 0 Å². The number of carbonyl (C=O) groups is 1. The summed E-state index contributed by atoms with van der Waals surface area (Å²) in [5.41, 5.74) is 0.796. The number of nitrogens with zero attached hydrogens (tertiary/aromatic N) is 2. The van der Waals surface area contributed by atoms with Gasteiger partial charge in [-0.3, -0.25) is 10.1 Å². The lowest BCUT2D eigenvalue weighted by atomic mass is 10.2. The molecule has 21 heavy (non-hydrogen) atoms. The van der Waals surface area contributed by atoms with Crippen molar-refractivity contribution in [2.45, 2.75) is 31.6 Å². The molecular formula is C14H14N2O5. The van der Waals surface area contributed by atoms with Crippen LogP contribution in [0.25, 0.3) is 10.9 Å². The van der Waals surface area contributed by atoms with Crippen LogP contribution in [0.4, 0.5) is 5.69 Å². The largest absolute Gasteiger partial charge is 0.479 e. The van der Waals surface area contributed by atoms with Gasteiger partial charge in [0, 0.05) is 30.3 Å². The number of benzene rings is 1. The molecule has 2 atom stereocenters. The Bertz CT molecular complexity index is 708. The molecule has 0 amide bonds. The quantitative estimate of drug-likeness (QED) is 0.688. The Kier molecular flexibility index (Phi) is 3.34. The van der Waals surface area contributed by atoms with Gasteiger partial charge < -0.3 is 14.4 Å². The van der Waals surface area contributed by atoms with Crippen molar-refractivity contribution in [3.63, 3.8) is 0 Å². The highest BCUT2D eigenvalue weighted by Gasteiger charge is 2.30. The van der Waals surface area contributed by atoms with E-state index < -0.39 is 17.0 Å². The summed E-state index contributed by atoms with van der Waals surface area (Å²) >= 11 is 0. The van der Waals surface area contributed by atoms with Crippen molar-refractivity contribution in [1.82, 2.24) is 4.57 Å². The summed E-state index contributed by atoms with van der Waals surface area (Å²) in [6.45, 7) is 0.494. The molecule has 1 aliphatic rings. The lowest BCUT2D eigenvalue weighted by molar-refractivity contribution is -0.384. The number of hydrogen-bond donors (Lipinski definition) is 1. The van der Waals surface area contributed by atoms with E-state index >= 15 is 0 Å². The number of hydrogen-bond acceptors (Lipinski definition) is 4. The minimum atomic E-state index is -0.939. The summed E-state index contributed by atoms with van der Waals surface area (Å²) in [6, 6.07) is 6.58. The molecule has 110 valence electrons. The van der Waals surface area contributed by atoms with Gasteiger partial charge in [0.1, 0.15) is 0 Å². The molecule has 1 aromatic heterocycles. The van der Waals surface area contributed by atoms with Crippen molar-refractivity contribution in [3.8, 4) is 0 Å². The van der Waals surface area contributed by atoms with Crippen LogP contribution in [0, 0.1) is 10.1 Å². The van der Waals surface area contributed by atoms with E-state index in [-0.39, 0.29) is 11.8 Å². The van der Waals surface area contributed by atoms with Crippen LogP contribution in [-0.4, -0.2) is 32.8 Å². The summed E-state index contributed by atoms with van der Waals surface area (Å²) in [6.07, 6.45) is 2.09. The molecule has 3 rings (SSSR count). The third-order valence-corrected chi connectivity index (χ3v) is 3.75. The summed E-state index contributed by atoms with van der Waals surface area (Å²) in [4.78, 5) is 21.3. The third kappa shape index (κ3) is 2.59. The van der Waals surface area contributed by atoms with Crippen LogP contribution in [0.5, 0.6) is 0 Å². The molecule has 2 aromatic rings. The molecule has 0 bridgehead atoms. The molecule has 1 fully saturated rings. The van der Waals surface area contributed by atoms with Gasteiger partial charge >= 0.3 is 5.97 Å². The van der Waals surface area contributed by atoms with Gasteiger partial charge in [0.25, 0.3) is 5.69 Å². The molecule has 2 heterocycles. The molecule has 0 aliphatic carbocycles. The van der Waals surface area contributed by atoms with Gasteiger partial charge in [0.15, 0.2) is 6.10 Å². The van der Waals surface area contributed by atoms with Crippen LogP contribution in [0.3, 0.4) is 0 Å². The fraction of sp³-hybridized carbons (Fsp3) is 0.357. The predicted octanol–water partition coefficient (Wildman–Crippen LogP) is 2.18. The highest BCUT2D eigenvalue weighted by molar-refractivity contribution is 5.82. The van der Waals surface area contributed by atoms with Crippen molar-refractivity contribution in [1.29, 1.82) is 0 Å². The molecule has 1 aromatic carbocycles. The fourth-order valence-electron chi connectivity index (χ4n) is 2.69. The number of rotatable bonds is 4. The second kappa shape index (κ2) is 5.17. The van der Waals surface area contributed by atoms with Crippen molar-refractivity contribution >= 4 is 22.6 Å². The molecule has 1 saturated heterocycles. The number of carboxylic acids is 1. The highest BCUT2D eigenvalue weighted by atomic mass is 16.6. The zero-order valence-electron chi connectivity index (χ0n) is 11.1. The average molecular weight is 290 g/mol. The summed E-state index contributed by atoms with van der Waals surface area (Å²) in [5, 5.41) is 20.7. The maximum atomic E-state index is 10.9. The number of aliphatic carboxylic acids is 1. The molecule has 1 N–H and O–H groups in total. The highest BCUT2D eigenvalue weighted by Crippen LogP contribution is 2.25. The summed E-state index contributed by atoms with van der Waals surface area (Å²) in [5.74, 6) is -0.939. The number of fused-ring (bicyclic) bond motifs is 1. The number of nitro groups is 1. The number of ether oxygens (including phenoxy) is 1. The maximum Gasteiger partial charge on any atom is 0.332 e. The Morgan fingerprint density at radius 3 is 2.90 bits per heavy atom. The van der Waals surface area contributed by atoms with E-state index in [0.717, 1.165) is 10.9 Å². The van der Waals surface area contributed by atoms with Gasteiger partial charge in [-0.15, -0.1) is 0 Å². The van der Waals surface area contributed by atoms with Crippen LogP contribution in [0.15, 0.2) is 30.5 Å². The Labute approximate surface area is 119 Å². The fourth-order valence-corrected chi connectivity index (χ4v) is 2.69. The summed E-state index contributed by atoms with van der Waals surface area (Å²) < 4.78 is 7.34. The van der Waals surface area contributed by atoms with Crippen molar-refractivity contribution in [3.05, 3.63) is 40.6 Å². The van der Waals surface area contributed by atoms with E-state index in [1.807, 2.05) is 16.8 Å². The van der Waals surface area contributed by atoms with Gasteiger partial charge in [-0.1, -0.05) is 0 Å². The normalized spacial score (nSPS) is 21.7.